The summed E-state index contributed by atoms with van der Waals surface area (Å²) in [5, 5.41) is 0. The number of aromatic nitrogens is 2. The largest absolute Gasteiger partial charge is 0.493 e. The molecule has 1 aliphatic rings. The number of halogens is 1. The molecule has 0 radical (unpaired) electrons. The second kappa shape index (κ2) is 6.17. The Morgan fingerprint density at radius 2 is 2.14 bits per heavy atom. The molecule has 1 aromatic heterocycles. The Kier molecular flexibility index (Phi) is 4.28. The van der Waals surface area contributed by atoms with E-state index in [0.717, 1.165) is 45.7 Å². The SMILES string of the molecule is CCCc1nc(C2CCOc3ccccc32)nc(N)c1I. The molecule has 2 aromatic rings. The predicted octanol–water partition coefficient (Wildman–Crippen LogP) is 3.53. The van der Waals surface area contributed by atoms with Crippen molar-refractivity contribution in [2.45, 2.75) is 32.1 Å². The first-order chi connectivity index (χ1) is 10.2. The maximum Gasteiger partial charge on any atom is 0.140 e. The van der Waals surface area contributed by atoms with Crippen molar-refractivity contribution >= 4 is 28.4 Å². The predicted molar refractivity (Wildman–Crippen MR) is 91.6 cm³/mol. The molecule has 2 N–H and O–H groups in total. The fourth-order valence-corrected chi connectivity index (χ4v) is 3.21. The molecule has 21 heavy (non-hydrogen) atoms. The molecule has 1 aliphatic heterocycles. The number of nitrogen functional groups attached to an aromatic ring is 1. The first-order valence-corrected chi connectivity index (χ1v) is 8.32. The Morgan fingerprint density at radius 1 is 1.33 bits per heavy atom. The van der Waals surface area contributed by atoms with Gasteiger partial charge in [-0.25, -0.2) is 9.97 Å². The van der Waals surface area contributed by atoms with Gasteiger partial charge in [-0.05, 0) is 41.5 Å². The summed E-state index contributed by atoms with van der Waals surface area (Å²) < 4.78 is 6.70. The zero-order valence-corrected chi connectivity index (χ0v) is 14.1. The van der Waals surface area contributed by atoms with Crippen molar-refractivity contribution in [3.05, 3.63) is 44.9 Å². The fourth-order valence-electron chi connectivity index (χ4n) is 2.70. The van der Waals surface area contributed by atoms with Crippen LogP contribution in [-0.4, -0.2) is 16.6 Å². The third-order valence-electron chi connectivity index (χ3n) is 3.72. The van der Waals surface area contributed by atoms with E-state index in [1.54, 1.807) is 0 Å². The Hall–Kier alpha value is -1.37. The van der Waals surface area contributed by atoms with Crippen molar-refractivity contribution in [1.29, 1.82) is 0 Å². The number of rotatable bonds is 3. The van der Waals surface area contributed by atoms with E-state index in [0.29, 0.717) is 12.4 Å². The van der Waals surface area contributed by atoms with Crippen molar-refractivity contribution in [3.8, 4) is 5.75 Å². The maximum absolute atomic E-state index is 6.09. The van der Waals surface area contributed by atoms with E-state index >= 15 is 0 Å². The van der Waals surface area contributed by atoms with Gasteiger partial charge in [-0.3, -0.25) is 0 Å². The standard InChI is InChI=1S/C16H18IN3O/c1-2-5-12-14(17)15(18)20-16(19-12)11-8-9-21-13-7-4-3-6-10(11)13/h3-4,6-7,11H,2,5,8-9H2,1H3,(H2,18,19,20). The van der Waals surface area contributed by atoms with Crippen molar-refractivity contribution in [2.75, 3.05) is 12.3 Å². The molecule has 0 amide bonds. The van der Waals surface area contributed by atoms with Crippen LogP contribution in [0.2, 0.25) is 0 Å². The lowest BCUT2D eigenvalue weighted by atomic mass is 9.92. The number of benzene rings is 1. The van der Waals surface area contributed by atoms with Crippen LogP contribution in [0.1, 0.15) is 42.8 Å². The molecule has 2 heterocycles. The fraction of sp³-hybridized carbons (Fsp3) is 0.375. The summed E-state index contributed by atoms with van der Waals surface area (Å²) in [6.07, 6.45) is 2.88. The number of anilines is 1. The van der Waals surface area contributed by atoms with Crippen LogP contribution in [0.15, 0.2) is 24.3 Å². The smallest absolute Gasteiger partial charge is 0.140 e. The topological polar surface area (TPSA) is 61.0 Å². The summed E-state index contributed by atoms with van der Waals surface area (Å²) in [7, 11) is 0. The lowest BCUT2D eigenvalue weighted by Gasteiger charge is -2.25. The molecule has 0 saturated carbocycles. The van der Waals surface area contributed by atoms with Gasteiger partial charge in [0.05, 0.1) is 21.8 Å². The van der Waals surface area contributed by atoms with Crippen LogP contribution in [0, 0.1) is 3.57 Å². The van der Waals surface area contributed by atoms with Crippen LogP contribution < -0.4 is 10.5 Å². The third kappa shape index (κ3) is 2.84. The highest BCUT2D eigenvalue weighted by Crippen LogP contribution is 2.37. The molecule has 3 rings (SSSR count). The number of hydrogen-bond donors (Lipinski definition) is 1. The molecule has 5 heteroatoms. The van der Waals surface area contributed by atoms with Gasteiger partial charge in [0.2, 0.25) is 0 Å². The number of nitrogens with two attached hydrogens (primary N) is 1. The number of aryl methyl sites for hydroxylation is 1. The Bertz CT molecular complexity index is 660. The molecule has 0 bridgehead atoms. The first-order valence-electron chi connectivity index (χ1n) is 7.24. The van der Waals surface area contributed by atoms with E-state index in [1.165, 1.54) is 0 Å². The monoisotopic (exact) mass is 395 g/mol. The van der Waals surface area contributed by atoms with E-state index in [9.17, 15) is 0 Å². The van der Waals surface area contributed by atoms with Gasteiger partial charge < -0.3 is 10.5 Å². The third-order valence-corrected chi connectivity index (χ3v) is 4.89. The van der Waals surface area contributed by atoms with Gasteiger partial charge in [-0.15, -0.1) is 0 Å². The van der Waals surface area contributed by atoms with E-state index in [4.69, 9.17) is 15.5 Å². The molecule has 0 aliphatic carbocycles. The second-order valence-corrected chi connectivity index (χ2v) is 6.28. The minimum atomic E-state index is 0.171. The van der Waals surface area contributed by atoms with E-state index in [1.807, 2.05) is 18.2 Å². The summed E-state index contributed by atoms with van der Waals surface area (Å²) in [5.41, 5.74) is 8.31. The highest BCUT2D eigenvalue weighted by Gasteiger charge is 2.26. The molecule has 0 fully saturated rings. The van der Waals surface area contributed by atoms with E-state index < -0.39 is 0 Å². The number of para-hydroxylation sites is 1. The molecule has 4 nitrogen and oxygen atoms in total. The average molecular weight is 395 g/mol. The average Bonchev–Trinajstić information content (AvgIpc) is 2.51. The van der Waals surface area contributed by atoms with Crippen molar-refractivity contribution in [2.24, 2.45) is 0 Å². The highest BCUT2D eigenvalue weighted by molar-refractivity contribution is 14.1. The zero-order chi connectivity index (χ0) is 14.8. The molecule has 0 spiro atoms. The highest BCUT2D eigenvalue weighted by atomic mass is 127. The lowest BCUT2D eigenvalue weighted by Crippen LogP contribution is -2.19. The lowest BCUT2D eigenvalue weighted by molar-refractivity contribution is 0.274. The Morgan fingerprint density at radius 3 is 2.95 bits per heavy atom. The van der Waals surface area contributed by atoms with Crippen molar-refractivity contribution < 1.29 is 4.74 Å². The number of hydrogen-bond acceptors (Lipinski definition) is 4. The normalized spacial score (nSPS) is 17.1. The molecule has 1 atom stereocenters. The van der Waals surface area contributed by atoms with Gasteiger partial charge in [0.15, 0.2) is 0 Å². The summed E-state index contributed by atoms with van der Waals surface area (Å²) in [5.74, 6) is 2.52. The molecular weight excluding hydrogens is 377 g/mol. The van der Waals surface area contributed by atoms with Crippen LogP contribution in [0.4, 0.5) is 5.82 Å². The first kappa shape index (κ1) is 14.6. The minimum absolute atomic E-state index is 0.171. The van der Waals surface area contributed by atoms with Crippen LogP contribution in [-0.2, 0) is 6.42 Å². The van der Waals surface area contributed by atoms with Crippen molar-refractivity contribution in [1.82, 2.24) is 9.97 Å². The van der Waals surface area contributed by atoms with Crippen LogP contribution in [0.25, 0.3) is 0 Å². The minimum Gasteiger partial charge on any atom is -0.493 e. The maximum atomic E-state index is 6.09. The van der Waals surface area contributed by atoms with Gasteiger partial charge >= 0.3 is 0 Å². The van der Waals surface area contributed by atoms with Gasteiger partial charge in [0.25, 0.3) is 0 Å². The van der Waals surface area contributed by atoms with E-state index in [2.05, 4.69) is 40.6 Å². The van der Waals surface area contributed by atoms with E-state index in [-0.39, 0.29) is 5.92 Å². The molecule has 0 saturated heterocycles. The van der Waals surface area contributed by atoms with Crippen LogP contribution in [0.5, 0.6) is 5.75 Å². The van der Waals surface area contributed by atoms with Crippen LogP contribution in [0.3, 0.4) is 0 Å². The summed E-state index contributed by atoms with van der Waals surface area (Å²) in [6, 6.07) is 8.12. The van der Waals surface area contributed by atoms with Gasteiger partial charge in [0.1, 0.15) is 17.4 Å². The molecular formula is C16H18IN3O. The number of fused-ring (bicyclic) bond motifs is 1. The Labute approximate surface area is 138 Å². The second-order valence-electron chi connectivity index (χ2n) is 5.21. The number of ether oxygens (including phenoxy) is 1. The van der Waals surface area contributed by atoms with Gasteiger partial charge in [-0.2, -0.15) is 0 Å². The molecule has 110 valence electrons. The van der Waals surface area contributed by atoms with Gasteiger partial charge in [0, 0.05) is 5.56 Å². The van der Waals surface area contributed by atoms with Crippen molar-refractivity contribution in [3.63, 3.8) is 0 Å². The van der Waals surface area contributed by atoms with Gasteiger partial charge in [-0.1, -0.05) is 31.5 Å². The zero-order valence-electron chi connectivity index (χ0n) is 12.0. The molecule has 1 unspecified atom stereocenters. The summed E-state index contributed by atoms with van der Waals surface area (Å²) >= 11 is 2.24. The number of nitrogens with zero attached hydrogens (tertiary/aromatic N) is 2. The van der Waals surface area contributed by atoms with Crippen LogP contribution >= 0.6 is 22.6 Å². The molecule has 1 aromatic carbocycles. The Balaban J connectivity index is 2.05. The summed E-state index contributed by atoms with van der Waals surface area (Å²) in [4.78, 5) is 9.33. The summed E-state index contributed by atoms with van der Waals surface area (Å²) in [6.45, 7) is 2.85. The quantitative estimate of drug-likeness (QED) is 0.808.